The second kappa shape index (κ2) is 6.27. The lowest BCUT2D eigenvalue weighted by molar-refractivity contribution is 0.0786. The quantitative estimate of drug-likeness (QED) is 0.728. The predicted molar refractivity (Wildman–Crippen MR) is 84.3 cm³/mol. The van der Waals surface area contributed by atoms with Gasteiger partial charge >= 0.3 is 0 Å². The molecule has 0 atom stereocenters. The zero-order chi connectivity index (χ0) is 14.0. The Bertz CT molecular complexity index is 614. The van der Waals surface area contributed by atoms with Gasteiger partial charge in [0.15, 0.2) is 0 Å². The third-order valence-corrected chi connectivity index (χ3v) is 4.98. The first kappa shape index (κ1) is 14.9. The minimum Gasteiger partial charge on any atom is -0.337 e. The van der Waals surface area contributed by atoms with Crippen LogP contribution in [0.2, 0.25) is 9.36 Å². The van der Waals surface area contributed by atoms with E-state index in [1.165, 1.54) is 11.3 Å². The molecular formula is C13H10BrCl2NOS. The first-order valence-electron chi connectivity index (χ1n) is 5.42. The first-order chi connectivity index (χ1) is 8.97. The second-order valence-corrected chi connectivity index (χ2v) is 7.06. The van der Waals surface area contributed by atoms with Crippen LogP contribution in [-0.4, -0.2) is 17.9 Å². The van der Waals surface area contributed by atoms with E-state index in [0.717, 1.165) is 13.7 Å². The van der Waals surface area contributed by atoms with Gasteiger partial charge in [-0.1, -0.05) is 23.2 Å². The summed E-state index contributed by atoms with van der Waals surface area (Å²) in [4.78, 5) is 14.9. The number of benzene rings is 1. The van der Waals surface area contributed by atoms with Gasteiger partial charge in [0, 0.05) is 22.0 Å². The number of hydrogen-bond donors (Lipinski definition) is 0. The SMILES string of the molecule is CN(Cc1ccc(Cl)s1)C(=O)c1ccc(Br)c(Cl)c1. The van der Waals surface area contributed by atoms with Crippen LogP contribution in [0.3, 0.4) is 0 Å². The molecule has 0 spiro atoms. The van der Waals surface area contributed by atoms with Crippen LogP contribution in [0.25, 0.3) is 0 Å². The van der Waals surface area contributed by atoms with E-state index in [0.29, 0.717) is 17.1 Å². The summed E-state index contributed by atoms with van der Waals surface area (Å²) < 4.78 is 1.50. The first-order valence-corrected chi connectivity index (χ1v) is 7.78. The molecule has 0 radical (unpaired) electrons. The lowest BCUT2D eigenvalue weighted by Gasteiger charge is -2.16. The average Bonchev–Trinajstić information content (AvgIpc) is 2.77. The maximum absolute atomic E-state index is 12.2. The molecule has 0 fully saturated rings. The Morgan fingerprint density at radius 3 is 2.63 bits per heavy atom. The van der Waals surface area contributed by atoms with E-state index in [-0.39, 0.29) is 5.91 Å². The molecule has 2 nitrogen and oxygen atoms in total. The van der Waals surface area contributed by atoms with Crippen molar-refractivity contribution >= 4 is 56.4 Å². The molecule has 1 aromatic heterocycles. The maximum atomic E-state index is 12.2. The highest BCUT2D eigenvalue weighted by Crippen LogP contribution is 2.25. The van der Waals surface area contributed by atoms with Crippen LogP contribution in [0.15, 0.2) is 34.8 Å². The Morgan fingerprint density at radius 2 is 2.05 bits per heavy atom. The van der Waals surface area contributed by atoms with Crippen molar-refractivity contribution in [2.45, 2.75) is 6.54 Å². The third kappa shape index (κ3) is 3.72. The van der Waals surface area contributed by atoms with Crippen molar-refractivity contribution in [2.75, 3.05) is 7.05 Å². The zero-order valence-corrected chi connectivity index (χ0v) is 13.9. The molecule has 0 unspecified atom stereocenters. The van der Waals surface area contributed by atoms with Gasteiger partial charge in [-0.3, -0.25) is 4.79 Å². The lowest BCUT2D eigenvalue weighted by atomic mass is 10.2. The molecule has 100 valence electrons. The summed E-state index contributed by atoms with van der Waals surface area (Å²) in [7, 11) is 1.76. The largest absolute Gasteiger partial charge is 0.337 e. The fraction of sp³-hybridized carbons (Fsp3) is 0.154. The molecule has 1 amide bonds. The Balaban J connectivity index is 2.12. The highest BCUT2D eigenvalue weighted by atomic mass is 79.9. The van der Waals surface area contributed by atoms with Crippen molar-refractivity contribution < 1.29 is 4.79 Å². The van der Waals surface area contributed by atoms with E-state index >= 15 is 0 Å². The van der Waals surface area contributed by atoms with E-state index in [4.69, 9.17) is 23.2 Å². The monoisotopic (exact) mass is 377 g/mol. The molecule has 19 heavy (non-hydrogen) atoms. The van der Waals surface area contributed by atoms with Gasteiger partial charge in [-0.15, -0.1) is 11.3 Å². The number of thiophene rings is 1. The van der Waals surface area contributed by atoms with Crippen LogP contribution in [0.4, 0.5) is 0 Å². The molecule has 0 saturated carbocycles. The van der Waals surface area contributed by atoms with Gasteiger partial charge in [-0.05, 0) is 46.3 Å². The van der Waals surface area contributed by atoms with Crippen LogP contribution >= 0.6 is 50.5 Å². The van der Waals surface area contributed by atoms with Crippen molar-refractivity contribution in [2.24, 2.45) is 0 Å². The summed E-state index contributed by atoms with van der Waals surface area (Å²) in [6.07, 6.45) is 0. The Kier molecular flexibility index (Phi) is 4.90. The number of hydrogen-bond acceptors (Lipinski definition) is 2. The van der Waals surface area contributed by atoms with Gasteiger partial charge in [0.2, 0.25) is 0 Å². The minimum absolute atomic E-state index is 0.0704. The summed E-state index contributed by atoms with van der Waals surface area (Å²) in [5, 5.41) is 0.526. The molecule has 6 heteroatoms. The van der Waals surface area contributed by atoms with Gasteiger partial charge in [-0.25, -0.2) is 0 Å². The standard InChI is InChI=1S/C13H10BrCl2NOS/c1-17(7-9-3-5-12(16)19-9)13(18)8-2-4-10(14)11(15)6-8/h2-6H,7H2,1H3. The summed E-state index contributed by atoms with van der Waals surface area (Å²) >= 11 is 16.6. The molecule has 0 bridgehead atoms. The van der Waals surface area contributed by atoms with Gasteiger partial charge < -0.3 is 4.90 Å². The van der Waals surface area contributed by atoms with E-state index in [9.17, 15) is 4.79 Å². The molecule has 2 rings (SSSR count). The molecule has 0 aliphatic rings. The Morgan fingerprint density at radius 1 is 1.32 bits per heavy atom. The van der Waals surface area contributed by atoms with Gasteiger partial charge in [0.1, 0.15) is 0 Å². The normalized spacial score (nSPS) is 10.5. The smallest absolute Gasteiger partial charge is 0.253 e. The highest BCUT2D eigenvalue weighted by Gasteiger charge is 2.14. The van der Waals surface area contributed by atoms with E-state index < -0.39 is 0 Å². The van der Waals surface area contributed by atoms with Crippen molar-refractivity contribution in [3.8, 4) is 0 Å². The fourth-order valence-corrected chi connectivity index (χ4v) is 3.16. The van der Waals surface area contributed by atoms with Crippen molar-refractivity contribution in [3.05, 3.63) is 54.6 Å². The fourth-order valence-electron chi connectivity index (χ4n) is 1.59. The zero-order valence-electron chi connectivity index (χ0n) is 9.99. The summed E-state index contributed by atoms with van der Waals surface area (Å²) in [5.74, 6) is -0.0704. The number of rotatable bonds is 3. The lowest BCUT2D eigenvalue weighted by Crippen LogP contribution is -2.25. The second-order valence-electron chi connectivity index (χ2n) is 4.00. The molecular weight excluding hydrogens is 369 g/mol. The minimum atomic E-state index is -0.0704. The average molecular weight is 379 g/mol. The summed E-state index contributed by atoms with van der Waals surface area (Å²) in [5.41, 5.74) is 0.568. The number of nitrogens with zero attached hydrogens (tertiary/aromatic N) is 1. The van der Waals surface area contributed by atoms with Gasteiger partial charge in [-0.2, -0.15) is 0 Å². The topological polar surface area (TPSA) is 20.3 Å². The number of carbonyl (C=O) groups is 1. The maximum Gasteiger partial charge on any atom is 0.253 e. The van der Waals surface area contributed by atoms with Crippen molar-refractivity contribution in [1.29, 1.82) is 0 Å². The van der Waals surface area contributed by atoms with E-state index in [2.05, 4.69) is 15.9 Å². The van der Waals surface area contributed by atoms with E-state index in [1.807, 2.05) is 12.1 Å². The number of amides is 1. The van der Waals surface area contributed by atoms with Crippen molar-refractivity contribution in [1.82, 2.24) is 4.90 Å². The van der Waals surface area contributed by atoms with Gasteiger partial charge in [0.05, 0.1) is 15.9 Å². The molecule has 0 saturated heterocycles. The van der Waals surface area contributed by atoms with Crippen LogP contribution < -0.4 is 0 Å². The van der Waals surface area contributed by atoms with Crippen LogP contribution in [-0.2, 0) is 6.54 Å². The molecule has 2 aromatic rings. The van der Waals surface area contributed by atoms with Crippen LogP contribution in [0.1, 0.15) is 15.2 Å². The Hall–Kier alpha value is -0.550. The Labute approximate surface area is 134 Å². The molecule has 1 aromatic carbocycles. The molecule has 0 aliphatic carbocycles. The summed E-state index contributed by atoms with van der Waals surface area (Å²) in [6, 6.07) is 8.93. The molecule has 0 N–H and O–H groups in total. The third-order valence-electron chi connectivity index (χ3n) is 2.54. The van der Waals surface area contributed by atoms with Crippen molar-refractivity contribution in [3.63, 3.8) is 0 Å². The molecule has 0 aliphatic heterocycles. The predicted octanol–water partition coefficient (Wildman–Crippen LogP) is 5.09. The number of halogens is 3. The number of carbonyl (C=O) groups excluding carboxylic acids is 1. The summed E-state index contributed by atoms with van der Waals surface area (Å²) in [6.45, 7) is 0.532. The highest BCUT2D eigenvalue weighted by molar-refractivity contribution is 9.10. The van der Waals surface area contributed by atoms with Gasteiger partial charge in [0.25, 0.3) is 5.91 Å². The van der Waals surface area contributed by atoms with Crippen LogP contribution in [0.5, 0.6) is 0 Å². The van der Waals surface area contributed by atoms with Crippen LogP contribution in [0, 0.1) is 0 Å². The molecule has 1 heterocycles. The van der Waals surface area contributed by atoms with E-state index in [1.54, 1.807) is 30.1 Å².